The van der Waals surface area contributed by atoms with Gasteiger partial charge in [0, 0.05) is 11.8 Å². The maximum Gasteiger partial charge on any atom is 0.235 e. The molecule has 0 bridgehead atoms. The van der Waals surface area contributed by atoms with Crippen LogP contribution in [0.4, 0.5) is 5.69 Å². The molecule has 2 aromatic rings. The van der Waals surface area contributed by atoms with Crippen molar-refractivity contribution in [2.45, 2.75) is 12.8 Å². The number of benzene rings is 2. The van der Waals surface area contributed by atoms with Crippen LogP contribution in [-0.4, -0.2) is 17.8 Å². The van der Waals surface area contributed by atoms with Crippen molar-refractivity contribution in [3.8, 4) is 5.75 Å². The smallest absolute Gasteiger partial charge is 0.235 e. The molecule has 3 nitrogen and oxygen atoms in total. The quantitative estimate of drug-likeness (QED) is 0.606. The first-order chi connectivity index (χ1) is 10.3. The monoisotopic (exact) mass is 347 g/mol. The zero-order chi connectivity index (χ0) is 14.9. The van der Waals surface area contributed by atoms with Crippen LogP contribution in [0.25, 0.3) is 0 Å². The lowest BCUT2D eigenvalue weighted by Crippen LogP contribution is -2.12. The lowest BCUT2D eigenvalue weighted by molar-refractivity contribution is -0.113. The molecule has 0 atom stereocenters. The number of ether oxygens (including phenoxy) is 1. The van der Waals surface area contributed by atoms with E-state index in [0.29, 0.717) is 6.61 Å². The van der Waals surface area contributed by atoms with Crippen molar-refractivity contribution in [3.05, 3.63) is 60.2 Å². The SMILES string of the molecule is O=C(CBr)Nc1cccc(OCCCc2ccccc2)c1. The van der Waals surface area contributed by atoms with E-state index in [4.69, 9.17) is 4.74 Å². The van der Waals surface area contributed by atoms with Crippen molar-refractivity contribution in [2.75, 3.05) is 17.3 Å². The van der Waals surface area contributed by atoms with Crippen molar-refractivity contribution in [1.82, 2.24) is 0 Å². The van der Waals surface area contributed by atoms with Gasteiger partial charge in [-0.15, -0.1) is 0 Å². The van der Waals surface area contributed by atoms with Crippen LogP contribution in [0, 0.1) is 0 Å². The van der Waals surface area contributed by atoms with Crippen LogP contribution >= 0.6 is 15.9 Å². The van der Waals surface area contributed by atoms with E-state index in [-0.39, 0.29) is 11.2 Å². The number of amides is 1. The van der Waals surface area contributed by atoms with Gasteiger partial charge in [0.15, 0.2) is 0 Å². The number of hydrogen-bond acceptors (Lipinski definition) is 2. The third-order valence-electron chi connectivity index (χ3n) is 2.96. The van der Waals surface area contributed by atoms with E-state index < -0.39 is 0 Å². The van der Waals surface area contributed by atoms with E-state index in [1.165, 1.54) is 5.56 Å². The van der Waals surface area contributed by atoms with Gasteiger partial charge in [-0.05, 0) is 30.5 Å². The maximum atomic E-state index is 11.3. The molecule has 0 aromatic heterocycles. The minimum atomic E-state index is -0.0729. The Bertz CT molecular complexity index is 572. The Morgan fingerprint density at radius 3 is 2.67 bits per heavy atom. The zero-order valence-corrected chi connectivity index (χ0v) is 13.3. The fraction of sp³-hybridized carbons (Fsp3) is 0.235. The summed E-state index contributed by atoms with van der Waals surface area (Å²) in [7, 11) is 0. The Morgan fingerprint density at radius 1 is 1.10 bits per heavy atom. The van der Waals surface area contributed by atoms with Crippen molar-refractivity contribution < 1.29 is 9.53 Å². The van der Waals surface area contributed by atoms with Crippen molar-refractivity contribution in [1.29, 1.82) is 0 Å². The van der Waals surface area contributed by atoms with Gasteiger partial charge < -0.3 is 10.1 Å². The van der Waals surface area contributed by atoms with Gasteiger partial charge in [-0.1, -0.05) is 52.3 Å². The third kappa shape index (κ3) is 5.60. The summed E-state index contributed by atoms with van der Waals surface area (Å²) in [5.74, 6) is 0.701. The number of anilines is 1. The van der Waals surface area contributed by atoms with Crippen LogP contribution in [0.3, 0.4) is 0 Å². The summed E-state index contributed by atoms with van der Waals surface area (Å²) < 4.78 is 5.72. The molecule has 0 fully saturated rings. The third-order valence-corrected chi connectivity index (χ3v) is 3.47. The number of halogens is 1. The fourth-order valence-electron chi connectivity index (χ4n) is 1.97. The standard InChI is InChI=1S/C17H18BrNO2/c18-13-17(20)19-15-9-4-10-16(12-15)21-11-5-8-14-6-2-1-3-7-14/h1-4,6-7,9-10,12H,5,8,11,13H2,(H,19,20). The highest BCUT2D eigenvalue weighted by atomic mass is 79.9. The van der Waals surface area contributed by atoms with Crippen molar-refractivity contribution in [2.24, 2.45) is 0 Å². The predicted molar refractivity (Wildman–Crippen MR) is 89.1 cm³/mol. The largest absolute Gasteiger partial charge is 0.494 e. The van der Waals surface area contributed by atoms with Gasteiger partial charge >= 0.3 is 0 Å². The predicted octanol–water partition coefficient (Wildman–Crippen LogP) is 4.03. The average Bonchev–Trinajstić information content (AvgIpc) is 2.53. The van der Waals surface area contributed by atoms with Gasteiger partial charge in [0.25, 0.3) is 0 Å². The topological polar surface area (TPSA) is 38.3 Å². The van der Waals surface area contributed by atoms with E-state index in [2.05, 4.69) is 33.4 Å². The van der Waals surface area contributed by atoms with Gasteiger partial charge in [-0.2, -0.15) is 0 Å². The summed E-state index contributed by atoms with van der Waals surface area (Å²) in [6.07, 6.45) is 1.96. The molecule has 0 spiro atoms. The highest BCUT2D eigenvalue weighted by molar-refractivity contribution is 9.09. The molecule has 1 amide bonds. The van der Waals surface area contributed by atoms with Crippen LogP contribution < -0.4 is 10.1 Å². The molecule has 0 unspecified atom stereocenters. The molecule has 0 saturated heterocycles. The van der Waals surface area contributed by atoms with E-state index in [9.17, 15) is 4.79 Å². The molecule has 4 heteroatoms. The first-order valence-electron chi connectivity index (χ1n) is 6.90. The first kappa shape index (κ1) is 15.6. The normalized spacial score (nSPS) is 10.1. The lowest BCUT2D eigenvalue weighted by Gasteiger charge is -2.08. The first-order valence-corrected chi connectivity index (χ1v) is 8.02. The molecule has 0 aliphatic carbocycles. The molecule has 0 heterocycles. The Hall–Kier alpha value is -1.81. The van der Waals surface area contributed by atoms with Gasteiger partial charge in [-0.3, -0.25) is 4.79 Å². The number of hydrogen-bond donors (Lipinski definition) is 1. The summed E-state index contributed by atoms with van der Waals surface area (Å²) in [6.45, 7) is 0.657. The van der Waals surface area contributed by atoms with Crippen LogP contribution in [-0.2, 0) is 11.2 Å². The van der Waals surface area contributed by atoms with Crippen LogP contribution in [0.1, 0.15) is 12.0 Å². The highest BCUT2D eigenvalue weighted by Gasteiger charge is 2.01. The molecular weight excluding hydrogens is 330 g/mol. The van der Waals surface area contributed by atoms with E-state index in [1.54, 1.807) is 0 Å². The summed E-state index contributed by atoms with van der Waals surface area (Å²) >= 11 is 3.12. The second-order valence-electron chi connectivity index (χ2n) is 4.65. The Balaban J connectivity index is 1.78. The molecule has 0 saturated carbocycles. The average molecular weight is 348 g/mol. The summed E-state index contributed by atoms with van der Waals surface area (Å²) in [5, 5.41) is 3.07. The minimum Gasteiger partial charge on any atom is -0.494 e. The van der Waals surface area contributed by atoms with Crippen molar-refractivity contribution >= 4 is 27.5 Å². The second kappa shape index (κ2) is 8.47. The number of rotatable bonds is 7. The molecule has 0 aliphatic heterocycles. The molecule has 0 radical (unpaired) electrons. The molecule has 1 N–H and O–H groups in total. The number of carbonyl (C=O) groups excluding carboxylic acids is 1. The number of alkyl halides is 1. The van der Waals surface area contributed by atoms with E-state index in [0.717, 1.165) is 24.3 Å². The summed E-state index contributed by atoms with van der Waals surface area (Å²) in [4.78, 5) is 11.3. The molecule has 110 valence electrons. The minimum absolute atomic E-state index is 0.0729. The molecule has 21 heavy (non-hydrogen) atoms. The maximum absolute atomic E-state index is 11.3. The second-order valence-corrected chi connectivity index (χ2v) is 5.21. The van der Waals surface area contributed by atoms with Gasteiger partial charge in [0.05, 0.1) is 11.9 Å². The van der Waals surface area contributed by atoms with Gasteiger partial charge in [0.1, 0.15) is 5.75 Å². The Kier molecular flexibility index (Phi) is 6.28. The zero-order valence-electron chi connectivity index (χ0n) is 11.7. The number of nitrogens with one attached hydrogen (secondary N) is 1. The summed E-state index contributed by atoms with van der Waals surface area (Å²) in [5.41, 5.74) is 2.07. The Labute approximate surface area is 133 Å². The van der Waals surface area contributed by atoms with Gasteiger partial charge in [-0.25, -0.2) is 0 Å². The fourth-order valence-corrected chi connectivity index (χ4v) is 2.11. The molecule has 0 aliphatic rings. The van der Waals surface area contributed by atoms with E-state index in [1.807, 2.05) is 42.5 Å². The number of aryl methyl sites for hydroxylation is 1. The lowest BCUT2D eigenvalue weighted by atomic mass is 10.1. The molecular formula is C17H18BrNO2. The molecule has 2 aromatic carbocycles. The Morgan fingerprint density at radius 2 is 1.90 bits per heavy atom. The highest BCUT2D eigenvalue weighted by Crippen LogP contribution is 2.17. The van der Waals surface area contributed by atoms with Crippen LogP contribution in [0.5, 0.6) is 5.75 Å². The van der Waals surface area contributed by atoms with Crippen LogP contribution in [0.15, 0.2) is 54.6 Å². The molecule has 2 rings (SSSR count). The van der Waals surface area contributed by atoms with Crippen molar-refractivity contribution in [3.63, 3.8) is 0 Å². The summed E-state index contributed by atoms with van der Waals surface area (Å²) in [6, 6.07) is 17.8. The van der Waals surface area contributed by atoms with Gasteiger partial charge in [0.2, 0.25) is 5.91 Å². The number of carbonyl (C=O) groups is 1. The van der Waals surface area contributed by atoms with E-state index >= 15 is 0 Å². The van der Waals surface area contributed by atoms with Crippen LogP contribution in [0.2, 0.25) is 0 Å².